The number of aromatic amines is 1. The first kappa shape index (κ1) is 13.4. The largest absolute Gasteiger partial charge is 0.333 e. The molecule has 18 heavy (non-hydrogen) atoms. The summed E-state index contributed by atoms with van der Waals surface area (Å²) in [6.45, 7) is 5.48. The van der Waals surface area contributed by atoms with Crippen molar-refractivity contribution in [3.05, 3.63) is 24.3 Å². The van der Waals surface area contributed by atoms with Gasteiger partial charge in [0.15, 0.2) is 5.16 Å². The number of benzene rings is 1. The molecular weight excluding hydrogens is 242 g/mol. The number of nitrogens with zero attached hydrogens (tertiary/aromatic N) is 1. The summed E-state index contributed by atoms with van der Waals surface area (Å²) in [6.07, 6.45) is 2.45. The molecule has 0 aliphatic carbocycles. The number of para-hydroxylation sites is 2. The van der Waals surface area contributed by atoms with E-state index in [1.807, 2.05) is 30.0 Å². The van der Waals surface area contributed by atoms with Crippen LogP contribution in [-0.4, -0.2) is 28.3 Å². The fourth-order valence-electron chi connectivity index (χ4n) is 1.78. The highest BCUT2D eigenvalue weighted by molar-refractivity contribution is 7.99. The van der Waals surface area contributed by atoms with Crippen LogP contribution in [0.1, 0.15) is 26.7 Å². The molecule has 0 saturated heterocycles. The van der Waals surface area contributed by atoms with Crippen molar-refractivity contribution >= 4 is 22.8 Å². The van der Waals surface area contributed by atoms with Gasteiger partial charge in [-0.05, 0) is 31.5 Å². The molecule has 1 aromatic carbocycles. The number of hydrogen-bond donors (Lipinski definition) is 2. The molecule has 4 heteroatoms. The van der Waals surface area contributed by atoms with Gasteiger partial charge < -0.3 is 10.3 Å². The molecule has 0 aliphatic heterocycles. The third-order valence-corrected chi connectivity index (χ3v) is 3.69. The monoisotopic (exact) mass is 263 g/mol. The number of H-pyrrole nitrogens is 1. The molecule has 1 aromatic heterocycles. The van der Waals surface area contributed by atoms with Gasteiger partial charge in [0.2, 0.25) is 0 Å². The van der Waals surface area contributed by atoms with Crippen LogP contribution in [0, 0.1) is 0 Å². The summed E-state index contributed by atoms with van der Waals surface area (Å²) < 4.78 is 0. The van der Waals surface area contributed by atoms with E-state index in [1.54, 1.807) is 0 Å². The molecular formula is C14H21N3S. The Kier molecular flexibility index (Phi) is 5.08. The standard InChI is InChI=1S/C14H21N3S/c1-11(2)15-9-5-6-10-18-14-16-12-7-3-4-8-13(12)17-14/h3-4,7-8,11,15H,5-6,9-10H2,1-2H3,(H,16,17). The second kappa shape index (κ2) is 6.81. The minimum Gasteiger partial charge on any atom is -0.333 e. The van der Waals surface area contributed by atoms with Crippen LogP contribution >= 0.6 is 11.8 Å². The van der Waals surface area contributed by atoms with Gasteiger partial charge in [-0.1, -0.05) is 37.7 Å². The first-order chi connectivity index (χ1) is 8.75. The van der Waals surface area contributed by atoms with Crippen LogP contribution in [0.5, 0.6) is 0 Å². The van der Waals surface area contributed by atoms with Gasteiger partial charge in [0.25, 0.3) is 0 Å². The van der Waals surface area contributed by atoms with Gasteiger partial charge in [0.1, 0.15) is 0 Å². The minimum atomic E-state index is 0.591. The topological polar surface area (TPSA) is 40.7 Å². The number of nitrogens with one attached hydrogen (secondary N) is 2. The Morgan fingerprint density at radius 2 is 2.11 bits per heavy atom. The molecule has 98 valence electrons. The van der Waals surface area contributed by atoms with Crippen LogP contribution in [-0.2, 0) is 0 Å². The van der Waals surface area contributed by atoms with Gasteiger partial charge in [0, 0.05) is 11.8 Å². The molecule has 0 radical (unpaired) electrons. The van der Waals surface area contributed by atoms with Crippen molar-refractivity contribution in [1.82, 2.24) is 15.3 Å². The Morgan fingerprint density at radius 1 is 1.28 bits per heavy atom. The van der Waals surface area contributed by atoms with E-state index < -0.39 is 0 Å². The summed E-state index contributed by atoms with van der Waals surface area (Å²) >= 11 is 1.81. The molecule has 0 amide bonds. The van der Waals surface area contributed by atoms with Crippen molar-refractivity contribution in [3.63, 3.8) is 0 Å². The Hall–Kier alpha value is -1.00. The maximum Gasteiger partial charge on any atom is 0.166 e. The van der Waals surface area contributed by atoms with Crippen LogP contribution in [0.4, 0.5) is 0 Å². The molecule has 0 atom stereocenters. The second-order valence-electron chi connectivity index (χ2n) is 4.72. The molecule has 2 N–H and O–H groups in total. The zero-order valence-electron chi connectivity index (χ0n) is 11.1. The van der Waals surface area contributed by atoms with Crippen LogP contribution in [0.2, 0.25) is 0 Å². The first-order valence-electron chi connectivity index (χ1n) is 6.56. The van der Waals surface area contributed by atoms with E-state index >= 15 is 0 Å². The van der Waals surface area contributed by atoms with Gasteiger partial charge in [-0.15, -0.1) is 0 Å². The van der Waals surface area contributed by atoms with Crippen LogP contribution in [0.3, 0.4) is 0 Å². The zero-order chi connectivity index (χ0) is 12.8. The third kappa shape index (κ3) is 4.03. The lowest BCUT2D eigenvalue weighted by atomic mass is 10.3. The summed E-state index contributed by atoms with van der Waals surface area (Å²) in [5.74, 6) is 1.12. The lowest BCUT2D eigenvalue weighted by molar-refractivity contribution is 0.567. The van der Waals surface area contributed by atoms with E-state index in [9.17, 15) is 0 Å². The molecule has 0 aliphatic rings. The Morgan fingerprint density at radius 3 is 2.89 bits per heavy atom. The first-order valence-corrected chi connectivity index (χ1v) is 7.55. The molecule has 2 rings (SSSR count). The van der Waals surface area contributed by atoms with E-state index in [-0.39, 0.29) is 0 Å². The average molecular weight is 263 g/mol. The molecule has 0 spiro atoms. The molecule has 0 bridgehead atoms. The number of hydrogen-bond acceptors (Lipinski definition) is 3. The average Bonchev–Trinajstić information content (AvgIpc) is 2.75. The van der Waals surface area contributed by atoms with E-state index in [0.29, 0.717) is 6.04 Å². The highest BCUT2D eigenvalue weighted by Crippen LogP contribution is 2.19. The van der Waals surface area contributed by atoms with E-state index in [1.165, 1.54) is 12.8 Å². The molecule has 0 fully saturated rings. The summed E-state index contributed by atoms with van der Waals surface area (Å²) in [6, 6.07) is 8.76. The summed E-state index contributed by atoms with van der Waals surface area (Å²) in [4.78, 5) is 7.89. The zero-order valence-corrected chi connectivity index (χ0v) is 11.9. The van der Waals surface area contributed by atoms with E-state index in [2.05, 4.69) is 35.2 Å². The molecule has 0 unspecified atom stereocenters. The van der Waals surface area contributed by atoms with E-state index in [0.717, 1.165) is 28.5 Å². The highest BCUT2D eigenvalue weighted by Gasteiger charge is 2.01. The van der Waals surface area contributed by atoms with Gasteiger partial charge in [0.05, 0.1) is 11.0 Å². The van der Waals surface area contributed by atoms with Crippen molar-refractivity contribution in [2.45, 2.75) is 37.9 Å². The maximum absolute atomic E-state index is 4.55. The highest BCUT2D eigenvalue weighted by atomic mass is 32.2. The Balaban J connectivity index is 1.70. The normalized spacial score (nSPS) is 11.5. The number of thioether (sulfide) groups is 1. The summed E-state index contributed by atoms with van der Waals surface area (Å²) in [5.41, 5.74) is 2.18. The molecule has 1 heterocycles. The molecule has 2 aromatic rings. The number of aromatic nitrogens is 2. The predicted molar refractivity (Wildman–Crippen MR) is 79.2 cm³/mol. The molecule has 3 nitrogen and oxygen atoms in total. The van der Waals surface area contributed by atoms with Gasteiger partial charge in [-0.3, -0.25) is 0 Å². The number of unbranched alkanes of at least 4 members (excludes halogenated alkanes) is 1. The number of rotatable bonds is 7. The summed E-state index contributed by atoms with van der Waals surface area (Å²) in [5, 5.41) is 4.47. The van der Waals surface area contributed by atoms with Crippen molar-refractivity contribution in [2.24, 2.45) is 0 Å². The Bertz CT molecular complexity index is 446. The van der Waals surface area contributed by atoms with Gasteiger partial charge in [-0.2, -0.15) is 0 Å². The number of imidazole rings is 1. The predicted octanol–water partition coefficient (Wildman–Crippen LogP) is 3.43. The van der Waals surface area contributed by atoms with Crippen molar-refractivity contribution in [2.75, 3.05) is 12.3 Å². The smallest absolute Gasteiger partial charge is 0.166 e. The van der Waals surface area contributed by atoms with Crippen molar-refractivity contribution in [1.29, 1.82) is 0 Å². The lowest BCUT2D eigenvalue weighted by Crippen LogP contribution is -2.23. The van der Waals surface area contributed by atoms with Gasteiger partial charge in [-0.25, -0.2) is 4.98 Å². The maximum atomic E-state index is 4.55. The minimum absolute atomic E-state index is 0.591. The Labute approximate surface area is 113 Å². The van der Waals surface area contributed by atoms with E-state index in [4.69, 9.17) is 0 Å². The van der Waals surface area contributed by atoms with Crippen molar-refractivity contribution in [3.8, 4) is 0 Å². The number of fused-ring (bicyclic) bond motifs is 1. The van der Waals surface area contributed by atoms with Gasteiger partial charge >= 0.3 is 0 Å². The van der Waals surface area contributed by atoms with Crippen molar-refractivity contribution < 1.29 is 0 Å². The lowest BCUT2D eigenvalue weighted by Gasteiger charge is -2.06. The van der Waals surface area contributed by atoms with Crippen LogP contribution in [0.25, 0.3) is 11.0 Å². The van der Waals surface area contributed by atoms with Crippen LogP contribution < -0.4 is 5.32 Å². The quantitative estimate of drug-likeness (QED) is 0.594. The van der Waals surface area contributed by atoms with Crippen LogP contribution in [0.15, 0.2) is 29.4 Å². The third-order valence-electron chi connectivity index (χ3n) is 2.73. The fraction of sp³-hybridized carbons (Fsp3) is 0.500. The second-order valence-corrected chi connectivity index (χ2v) is 5.81. The SMILES string of the molecule is CC(C)NCCCCSc1nc2ccccc2[nH]1. The fourth-order valence-corrected chi connectivity index (χ4v) is 2.67. The summed E-state index contributed by atoms with van der Waals surface area (Å²) in [7, 11) is 0. The molecule has 0 saturated carbocycles.